The van der Waals surface area contributed by atoms with E-state index < -0.39 is 5.60 Å². The second-order valence-electron chi connectivity index (χ2n) is 5.98. The molecule has 0 atom stereocenters. The summed E-state index contributed by atoms with van der Waals surface area (Å²) < 4.78 is 1.63. The third-order valence-corrected chi connectivity index (χ3v) is 4.31. The van der Waals surface area contributed by atoms with E-state index in [1.165, 1.54) is 6.20 Å². The first kappa shape index (κ1) is 14.0. The van der Waals surface area contributed by atoms with Gasteiger partial charge in [0.1, 0.15) is 5.39 Å². The van der Waals surface area contributed by atoms with Gasteiger partial charge in [-0.3, -0.25) is 9.78 Å². The lowest BCUT2D eigenvalue weighted by atomic mass is 9.80. The fraction of sp³-hybridized carbons (Fsp3) is 0.312. The molecule has 2 heterocycles. The first-order chi connectivity index (χ1) is 11.1. The Hall–Kier alpha value is -2.67. The van der Waals surface area contributed by atoms with Gasteiger partial charge < -0.3 is 10.4 Å². The molecule has 0 saturated heterocycles. The number of benzene rings is 1. The summed E-state index contributed by atoms with van der Waals surface area (Å²) in [6.45, 7) is 0.376. The van der Waals surface area contributed by atoms with Gasteiger partial charge in [0, 0.05) is 6.54 Å². The molecule has 4 rings (SSSR count). The molecule has 2 aromatic heterocycles. The summed E-state index contributed by atoms with van der Waals surface area (Å²) in [6.07, 6.45) is 4.09. The van der Waals surface area contributed by atoms with Gasteiger partial charge in [0.15, 0.2) is 5.65 Å². The molecule has 1 aliphatic rings. The standard InChI is InChI=1S/C16H17N5O2/c22-14-12-9-18-21(11-5-2-1-3-6-11)13(12)19-15(20-14)17-10-16(23)7-4-8-16/h1-3,5-6,9,23H,4,7-8,10H2,(H2,17,19,20,22). The van der Waals surface area contributed by atoms with Gasteiger partial charge in [0.25, 0.3) is 5.56 Å². The number of H-pyrrole nitrogens is 1. The van der Waals surface area contributed by atoms with Crippen molar-refractivity contribution in [2.45, 2.75) is 24.9 Å². The number of aromatic nitrogens is 4. The number of hydrogen-bond donors (Lipinski definition) is 3. The number of anilines is 1. The van der Waals surface area contributed by atoms with Gasteiger partial charge >= 0.3 is 0 Å². The van der Waals surface area contributed by atoms with Crippen LogP contribution in [0.25, 0.3) is 16.7 Å². The number of nitrogens with one attached hydrogen (secondary N) is 2. The van der Waals surface area contributed by atoms with Gasteiger partial charge in [-0.15, -0.1) is 0 Å². The van der Waals surface area contributed by atoms with E-state index in [1.54, 1.807) is 4.68 Å². The average Bonchev–Trinajstić information content (AvgIpc) is 2.96. The van der Waals surface area contributed by atoms with Gasteiger partial charge in [-0.2, -0.15) is 10.1 Å². The van der Waals surface area contributed by atoms with Gasteiger partial charge in [0.2, 0.25) is 5.95 Å². The average molecular weight is 311 g/mol. The summed E-state index contributed by atoms with van der Waals surface area (Å²) in [5.41, 5.74) is 0.389. The van der Waals surface area contributed by atoms with E-state index >= 15 is 0 Å². The zero-order chi connectivity index (χ0) is 15.9. The van der Waals surface area contributed by atoms with Crippen molar-refractivity contribution >= 4 is 17.0 Å². The SMILES string of the molecule is O=c1[nH]c(NCC2(O)CCC2)nc2c1cnn2-c1ccccc1. The Morgan fingerprint density at radius 3 is 2.78 bits per heavy atom. The Morgan fingerprint density at radius 2 is 2.09 bits per heavy atom. The quantitative estimate of drug-likeness (QED) is 0.677. The molecular formula is C16H17N5O2. The van der Waals surface area contributed by atoms with Crippen molar-refractivity contribution in [1.29, 1.82) is 0 Å². The number of fused-ring (bicyclic) bond motifs is 1. The highest BCUT2D eigenvalue weighted by Crippen LogP contribution is 2.31. The zero-order valence-corrected chi connectivity index (χ0v) is 12.5. The van der Waals surface area contributed by atoms with E-state index in [-0.39, 0.29) is 5.56 Å². The minimum absolute atomic E-state index is 0.250. The summed E-state index contributed by atoms with van der Waals surface area (Å²) in [6, 6.07) is 9.53. The van der Waals surface area contributed by atoms with E-state index in [4.69, 9.17) is 0 Å². The Morgan fingerprint density at radius 1 is 1.30 bits per heavy atom. The van der Waals surface area contributed by atoms with Gasteiger partial charge in [0.05, 0.1) is 17.5 Å². The summed E-state index contributed by atoms with van der Waals surface area (Å²) in [4.78, 5) is 19.4. The van der Waals surface area contributed by atoms with Crippen molar-refractivity contribution in [3.05, 3.63) is 46.9 Å². The highest BCUT2D eigenvalue weighted by molar-refractivity contribution is 5.76. The Labute approximate surface area is 132 Å². The fourth-order valence-corrected chi connectivity index (χ4v) is 2.77. The molecule has 7 nitrogen and oxygen atoms in total. The molecule has 3 N–H and O–H groups in total. The largest absolute Gasteiger partial charge is 0.388 e. The van der Waals surface area contributed by atoms with Crippen LogP contribution in [0.2, 0.25) is 0 Å². The van der Waals surface area contributed by atoms with Crippen molar-refractivity contribution in [3.8, 4) is 5.69 Å². The molecule has 1 aliphatic carbocycles. The third-order valence-electron chi connectivity index (χ3n) is 4.31. The molecule has 3 aromatic rings. The lowest BCUT2D eigenvalue weighted by Crippen LogP contribution is -2.43. The highest BCUT2D eigenvalue weighted by Gasteiger charge is 2.34. The van der Waals surface area contributed by atoms with Gasteiger partial charge in [-0.1, -0.05) is 18.2 Å². The number of rotatable bonds is 4. The van der Waals surface area contributed by atoms with Crippen LogP contribution in [-0.4, -0.2) is 37.0 Å². The van der Waals surface area contributed by atoms with E-state index in [9.17, 15) is 9.90 Å². The van der Waals surface area contributed by atoms with Crippen molar-refractivity contribution in [1.82, 2.24) is 19.7 Å². The molecule has 0 aliphatic heterocycles. The third kappa shape index (κ3) is 2.49. The molecule has 0 radical (unpaired) electrons. The first-order valence-electron chi connectivity index (χ1n) is 7.64. The van der Waals surface area contributed by atoms with Crippen LogP contribution in [0.5, 0.6) is 0 Å². The second kappa shape index (κ2) is 5.20. The predicted molar refractivity (Wildman–Crippen MR) is 86.8 cm³/mol. The van der Waals surface area contributed by atoms with Crippen LogP contribution in [0, 0.1) is 0 Å². The molecule has 7 heteroatoms. The molecule has 0 unspecified atom stereocenters. The van der Waals surface area contributed by atoms with Gasteiger partial charge in [-0.05, 0) is 31.4 Å². The Balaban J connectivity index is 1.72. The van der Waals surface area contributed by atoms with E-state index in [2.05, 4.69) is 20.4 Å². The molecule has 0 amide bonds. The maximum Gasteiger partial charge on any atom is 0.263 e. The molecule has 0 bridgehead atoms. The predicted octanol–water partition coefficient (Wildman–Crippen LogP) is 1.44. The molecule has 1 saturated carbocycles. The lowest BCUT2D eigenvalue weighted by Gasteiger charge is -2.36. The molecular weight excluding hydrogens is 294 g/mol. The highest BCUT2D eigenvalue weighted by atomic mass is 16.3. The summed E-state index contributed by atoms with van der Waals surface area (Å²) >= 11 is 0. The van der Waals surface area contributed by atoms with Gasteiger partial charge in [-0.25, -0.2) is 4.68 Å². The van der Waals surface area contributed by atoms with Crippen molar-refractivity contribution < 1.29 is 5.11 Å². The fourth-order valence-electron chi connectivity index (χ4n) is 2.77. The molecule has 118 valence electrons. The topological polar surface area (TPSA) is 95.8 Å². The normalized spacial score (nSPS) is 16.2. The number of nitrogens with zero attached hydrogens (tertiary/aromatic N) is 3. The Kier molecular flexibility index (Phi) is 3.16. The number of para-hydroxylation sites is 1. The minimum Gasteiger partial charge on any atom is -0.388 e. The first-order valence-corrected chi connectivity index (χ1v) is 7.64. The van der Waals surface area contributed by atoms with Crippen LogP contribution in [-0.2, 0) is 0 Å². The van der Waals surface area contributed by atoms with E-state index in [0.717, 1.165) is 24.9 Å². The monoisotopic (exact) mass is 311 g/mol. The molecule has 1 fully saturated rings. The second-order valence-corrected chi connectivity index (χ2v) is 5.98. The van der Waals surface area contributed by atoms with Crippen molar-refractivity contribution in [3.63, 3.8) is 0 Å². The van der Waals surface area contributed by atoms with Crippen LogP contribution in [0.15, 0.2) is 41.3 Å². The van der Waals surface area contributed by atoms with Crippen LogP contribution in [0.4, 0.5) is 5.95 Å². The van der Waals surface area contributed by atoms with Crippen LogP contribution >= 0.6 is 0 Å². The van der Waals surface area contributed by atoms with E-state index in [0.29, 0.717) is 23.5 Å². The number of aromatic amines is 1. The van der Waals surface area contributed by atoms with E-state index in [1.807, 2.05) is 30.3 Å². The maximum absolute atomic E-state index is 12.2. The molecule has 0 spiro atoms. The van der Waals surface area contributed by atoms with Crippen molar-refractivity contribution in [2.24, 2.45) is 0 Å². The van der Waals surface area contributed by atoms with Crippen LogP contribution in [0.1, 0.15) is 19.3 Å². The summed E-state index contributed by atoms with van der Waals surface area (Å²) in [5.74, 6) is 0.348. The summed E-state index contributed by atoms with van der Waals surface area (Å²) in [7, 11) is 0. The lowest BCUT2D eigenvalue weighted by molar-refractivity contribution is -0.0203. The molecule has 1 aromatic carbocycles. The number of hydrogen-bond acceptors (Lipinski definition) is 5. The smallest absolute Gasteiger partial charge is 0.263 e. The maximum atomic E-state index is 12.2. The minimum atomic E-state index is -0.687. The zero-order valence-electron chi connectivity index (χ0n) is 12.5. The van der Waals surface area contributed by atoms with Crippen molar-refractivity contribution in [2.75, 3.05) is 11.9 Å². The molecule has 23 heavy (non-hydrogen) atoms. The summed E-state index contributed by atoms with van der Waals surface area (Å²) in [5, 5.41) is 17.9. The Bertz CT molecular complexity index is 896. The van der Waals surface area contributed by atoms with Crippen LogP contribution < -0.4 is 10.9 Å². The number of aliphatic hydroxyl groups is 1. The van der Waals surface area contributed by atoms with Crippen LogP contribution in [0.3, 0.4) is 0 Å².